The molecule has 0 saturated heterocycles. The van der Waals surface area contributed by atoms with E-state index in [1.54, 1.807) is 0 Å². The molecule has 1 aromatic rings. The Bertz CT molecular complexity index is 793. The molecule has 0 spiro atoms. The lowest BCUT2D eigenvalue weighted by atomic mass is 9.70. The summed E-state index contributed by atoms with van der Waals surface area (Å²) in [5, 5.41) is 11.0. The molecule has 0 aromatic heterocycles. The zero-order chi connectivity index (χ0) is 20.7. The van der Waals surface area contributed by atoms with Crippen LogP contribution < -0.4 is 0 Å². The fourth-order valence-corrected chi connectivity index (χ4v) is 7.89. The van der Waals surface area contributed by atoms with Gasteiger partial charge in [-0.3, -0.25) is 0 Å². The fraction of sp³-hybridized carbons (Fsp3) is 0.591. The third-order valence-electron chi connectivity index (χ3n) is 7.08. The lowest BCUT2D eigenvalue weighted by Crippen LogP contribution is -2.42. The number of esters is 2. The Morgan fingerprint density at radius 2 is 1.71 bits per heavy atom. The van der Waals surface area contributed by atoms with Gasteiger partial charge in [-0.2, -0.15) is 0 Å². The van der Waals surface area contributed by atoms with Crippen molar-refractivity contribution in [3.63, 3.8) is 0 Å². The monoisotopic (exact) mass is 406 g/mol. The van der Waals surface area contributed by atoms with Crippen molar-refractivity contribution in [2.45, 2.75) is 51.0 Å². The highest BCUT2D eigenvalue weighted by molar-refractivity contribution is 8.18. The van der Waals surface area contributed by atoms with Gasteiger partial charge in [-0.05, 0) is 49.7 Å². The first-order chi connectivity index (χ1) is 13.2. The van der Waals surface area contributed by atoms with Crippen molar-refractivity contribution in [3.8, 4) is 0 Å². The Labute approximate surface area is 169 Å². The van der Waals surface area contributed by atoms with E-state index < -0.39 is 28.5 Å². The van der Waals surface area contributed by atoms with Gasteiger partial charge in [0.15, 0.2) is 4.86 Å². The maximum Gasteiger partial charge on any atom is 0.351 e. The molecule has 154 valence electrons. The van der Waals surface area contributed by atoms with Gasteiger partial charge >= 0.3 is 11.9 Å². The van der Waals surface area contributed by atoms with Crippen LogP contribution >= 0.6 is 10.5 Å². The Balaban J connectivity index is 2.19. The zero-order valence-electron chi connectivity index (χ0n) is 17.3. The Kier molecular flexibility index (Phi) is 5.74. The van der Waals surface area contributed by atoms with Crippen molar-refractivity contribution >= 4 is 27.3 Å². The van der Waals surface area contributed by atoms with Gasteiger partial charge in [0.2, 0.25) is 0 Å². The minimum atomic E-state index is -0.856. The number of fused-ring (bicyclic) bond motifs is 2. The minimum absolute atomic E-state index is 0.0292. The van der Waals surface area contributed by atoms with Crippen LogP contribution in [-0.4, -0.2) is 48.0 Å². The second kappa shape index (κ2) is 7.64. The summed E-state index contributed by atoms with van der Waals surface area (Å²) in [7, 11) is 1.70. The first-order valence-electron chi connectivity index (χ1n) is 9.67. The van der Waals surface area contributed by atoms with Crippen LogP contribution in [0, 0.1) is 23.7 Å². The number of benzene rings is 1. The number of methoxy groups -OCH3 is 2. The predicted molar refractivity (Wildman–Crippen MR) is 111 cm³/mol. The molecule has 2 bridgehead atoms. The molecule has 4 atom stereocenters. The summed E-state index contributed by atoms with van der Waals surface area (Å²) in [6.07, 6.45) is 2.32. The predicted octanol–water partition coefficient (Wildman–Crippen LogP) is 3.33. The highest BCUT2D eigenvalue weighted by atomic mass is 32.2. The van der Waals surface area contributed by atoms with Crippen LogP contribution in [0.15, 0.2) is 29.2 Å². The average Bonchev–Trinajstić information content (AvgIpc) is 3.02. The molecule has 1 aromatic carbocycles. The minimum Gasteiger partial charge on any atom is -0.465 e. The van der Waals surface area contributed by atoms with Crippen molar-refractivity contribution in [2.75, 3.05) is 20.0 Å². The molecule has 2 aliphatic carbocycles. The summed E-state index contributed by atoms with van der Waals surface area (Å²) in [6.45, 7) is 6.43. The van der Waals surface area contributed by atoms with Crippen molar-refractivity contribution in [1.29, 1.82) is 0 Å². The highest BCUT2D eigenvalue weighted by Gasteiger charge is 2.63. The number of hydrogen-bond donors (Lipinski definition) is 1. The Morgan fingerprint density at radius 1 is 1.14 bits per heavy atom. The molecule has 0 aliphatic heterocycles. The fourth-order valence-electron chi connectivity index (χ4n) is 5.08. The molecule has 0 amide bonds. The lowest BCUT2D eigenvalue weighted by molar-refractivity contribution is -0.137. The maximum atomic E-state index is 12.6. The summed E-state index contributed by atoms with van der Waals surface area (Å²) < 4.78 is 9.90. The van der Waals surface area contributed by atoms with E-state index in [2.05, 4.69) is 13.8 Å². The van der Waals surface area contributed by atoms with E-state index in [1.807, 2.05) is 31.2 Å². The SMILES string of the molecule is COC(=O)C(C(=O)OC)=S(C[C@]12CC[C@H](C[C@H]1O)C2(C)C)c1ccc(C)cc1. The summed E-state index contributed by atoms with van der Waals surface area (Å²) in [5.74, 6) is -0.315. The molecular weight excluding hydrogens is 376 g/mol. The Hall–Kier alpha value is -1.66. The van der Waals surface area contributed by atoms with E-state index in [9.17, 15) is 14.7 Å². The molecule has 1 unspecified atom stereocenters. The molecule has 28 heavy (non-hydrogen) atoms. The molecule has 0 radical (unpaired) electrons. The topological polar surface area (TPSA) is 72.8 Å². The van der Waals surface area contributed by atoms with Crippen molar-refractivity contribution in [3.05, 3.63) is 29.8 Å². The first-order valence-corrected chi connectivity index (χ1v) is 11.1. The number of hydrogen-bond acceptors (Lipinski definition) is 5. The third kappa shape index (κ3) is 3.20. The number of carbonyl (C=O) groups is 2. The zero-order valence-corrected chi connectivity index (χ0v) is 18.1. The normalized spacial score (nSPS) is 28.6. The molecule has 3 rings (SSSR count). The first kappa shape index (κ1) is 21.1. The molecule has 2 aliphatic rings. The van der Waals surface area contributed by atoms with Gasteiger partial charge in [0.25, 0.3) is 0 Å². The second-order valence-corrected chi connectivity index (χ2v) is 10.5. The van der Waals surface area contributed by atoms with Gasteiger partial charge in [0.1, 0.15) is 0 Å². The van der Waals surface area contributed by atoms with Gasteiger partial charge in [0, 0.05) is 16.1 Å². The van der Waals surface area contributed by atoms with Crippen LogP contribution in [0.5, 0.6) is 0 Å². The van der Waals surface area contributed by atoms with Gasteiger partial charge in [-0.25, -0.2) is 9.59 Å². The maximum absolute atomic E-state index is 12.6. The van der Waals surface area contributed by atoms with E-state index in [0.717, 1.165) is 29.7 Å². The van der Waals surface area contributed by atoms with Crippen molar-refractivity contribution in [1.82, 2.24) is 0 Å². The summed E-state index contributed by atoms with van der Waals surface area (Å²) in [6, 6.07) is 7.88. The number of carbonyl (C=O) groups excluding carboxylic acids is 2. The van der Waals surface area contributed by atoms with E-state index >= 15 is 0 Å². The van der Waals surface area contributed by atoms with Crippen LogP contribution in [0.1, 0.15) is 38.7 Å². The van der Waals surface area contributed by atoms with Crippen molar-refractivity contribution < 1.29 is 24.2 Å². The molecule has 2 saturated carbocycles. The lowest BCUT2D eigenvalue weighted by Gasteiger charge is -2.42. The van der Waals surface area contributed by atoms with Gasteiger partial charge < -0.3 is 14.6 Å². The van der Waals surface area contributed by atoms with Gasteiger partial charge in [-0.1, -0.05) is 31.5 Å². The van der Waals surface area contributed by atoms with Crippen LogP contribution in [0.3, 0.4) is 0 Å². The number of aryl methyl sites for hydroxylation is 1. The number of aliphatic hydroxyl groups is 1. The number of ether oxygens (including phenoxy) is 2. The number of aliphatic hydroxyl groups excluding tert-OH is 1. The van der Waals surface area contributed by atoms with Crippen LogP contribution in [-0.2, 0) is 19.1 Å². The summed E-state index contributed by atoms with van der Waals surface area (Å²) in [4.78, 5) is 26.1. The average molecular weight is 407 g/mol. The highest BCUT2D eigenvalue weighted by Crippen LogP contribution is 2.67. The summed E-state index contributed by atoms with van der Waals surface area (Å²) in [5.41, 5.74) is 0.712. The van der Waals surface area contributed by atoms with Crippen LogP contribution in [0.2, 0.25) is 0 Å². The van der Waals surface area contributed by atoms with Crippen LogP contribution in [0.4, 0.5) is 0 Å². The molecular formula is C22H30O5S. The summed E-state index contributed by atoms with van der Waals surface area (Å²) >= 11 is 0. The smallest absolute Gasteiger partial charge is 0.351 e. The van der Waals surface area contributed by atoms with Crippen LogP contribution in [0.25, 0.3) is 0 Å². The molecule has 0 heterocycles. The molecule has 6 heteroatoms. The van der Waals surface area contributed by atoms with Gasteiger partial charge in [-0.15, -0.1) is 10.5 Å². The largest absolute Gasteiger partial charge is 0.465 e. The van der Waals surface area contributed by atoms with E-state index in [0.29, 0.717) is 11.7 Å². The van der Waals surface area contributed by atoms with E-state index in [4.69, 9.17) is 9.47 Å². The molecule has 1 N–H and O–H groups in total. The van der Waals surface area contributed by atoms with E-state index in [1.165, 1.54) is 14.2 Å². The quantitative estimate of drug-likeness (QED) is 0.461. The standard InChI is InChI=1S/C22H30O5S/c1-14-6-8-16(9-7-14)28(18(19(24)26-4)20(25)27-5)13-22-11-10-15(12-17(22)23)21(22,2)3/h6-9,15,17,23H,10-13H2,1-5H3/t15-,17-,22-,28?/m1/s1. The third-order valence-corrected chi connectivity index (χ3v) is 9.55. The van der Waals surface area contributed by atoms with E-state index in [-0.39, 0.29) is 15.7 Å². The number of rotatable bonds is 5. The van der Waals surface area contributed by atoms with Gasteiger partial charge in [0.05, 0.1) is 20.3 Å². The second-order valence-electron chi connectivity index (χ2n) is 8.53. The van der Waals surface area contributed by atoms with Crippen molar-refractivity contribution in [2.24, 2.45) is 16.7 Å². The Morgan fingerprint density at radius 3 is 2.14 bits per heavy atom. The molecule has 5 nitrogen and oxygen atoms in total. The molecule has 2 fully saturated rings.